The molecule has 0 saturated carbocycles. The van der Waals surface area contributed by atoms with E-state index in [0.29, 0.717) is 11.4 Å². The summed E-state index contributed by atoms with van der Waals surface area (Å²) in [7, 11) is 1.44. The van der Waals surface area contributed by atoms with Crippen LogP contribution in [0.2, 0.25) is 0 Å². The average Bonchev–Trinajstić information content (AvgIpc) is 2.40. The summed E-state index contributed by atoms with van der Waals surface area (Å²) >= 11 is 0. The van der Waals surface area contributed by atoms with Crippen molar-refractivity contribution in [3.8, 4) is 5.75 Å². The van der Waals surface area contributed by atoms with Crippen LogP contribution in [0.5, 0.6) is 5.75 Å². The van der Waals surface area contributed by atoms with Crippen LogP contribution in [0.3, 0.4) is 0 Å². The maximum absolute atomic E-state index is 11.8. The highest BCUT2D eigenvalue weighted by Crippen LogP contribution is 2.22. The van der Waals surface area contributed by atoms with E-state index in [1.807, 2.05) is 0 Å². The highest BCUT2D eigenvalue weighted by atomic mass is 16.5. The Kier molecular flexibility index (Phi) is 5.34. The molecule has 1 rings (SSSR count). The van der Waals surface area contributed by atoms with E-state index in [-0.39, 0.29) is 6.61 Å². The molecule has 102 valence electrons. The summed E-state index contributed by atoms with van der Waals surface area (Å²) in [6.07, 6.45) is 0. The van der Waals surface area contributed by atoms with Crippen molar-refractivity contribution in [3.05, 3.63) is 24.3 Å². The fourth-order valence-electron chi connectivity index (χ4n) is 1.31. The summed E-state index contributed by atoms with van der Waals surface area (Å²) in [5, 5.41) is 13.7. The maximum atomic E-state index is 11.8. The number of anilines is 1. The fraction of sp³-hybridized carbons (Fsp3) is 0.250. The van der Waals surface area contributed by atoms with E-state index >= 15 is 0 Å². The normalized spacial score (nSPS) is 10.7. The van der Waals surface area contributed by atoms with Gasteiger partial charge in [0.05, 0.1) is 19.4 Å². The molecule has 1 aromatic carbocycles. The third-order valence-electron chi connectivity index (χ3n) is 2.14. The number of oxime groups is 1. The van der Waals surface area contributed by atoms with E-state index in [0.717, 1.165) is 0 Å². The zero-order valence-corrected chi connectivity index (χ0v) is 10.5. The van der Waals surface area contributed by atoms with Gasteiger partial charge in [-0.3, -0.25) is 4.79 Å². The molecule has 2 N–H and O–H groups in total. The Labute approximate surface area is 109 Å². The second kappa shape index (κ2) is 7.00. The summed E-state index contributed by atoms with van der Waals surface area (Å²) in [6, 6.07) is 6.62. The van der Waals surface area contributed by atoms with E-state index in [2.05, 4.69) is 15.2 Å². The predicted molar refractivity (Wildman–Crippen MR) is 67.5 cm³/mol. The maximum Gasteiger partial charge on any atom is 0.366 e. The molecule has 0 aromatic heterocycles. The van der Waals surface area contributed by atoms with E-state index in [4.69, 9.17) is 9.94 Å². The summed E-state index contributed by atoms with van der Waals surface area (Å²) in [5.41, 5.74) is -0.381. The second-order valence-corrected chi connectivity index (χ2v) is 3.32. The first kappa shape index (κ1) is 14.5. The van der Waals surface area contributed by atoms with Crippen molar-refractivity contribution in [1.82, 2.24) is 0 Å². The quantitative estimate of drug-likeness (QED) is 0.273. The van der Waals surface area contributed by atoms with Crippen molar-refractivity contribution in [1.29, 1.82) is 0 Å². The van der Waals surface area contributed by atoms with Gasteiger partial charge in [0.15, 0.2) is 0 Å². The molecule has 7 heteroatoms. The molecule has 0 bridgehead atoms. The van der Waals surface area contributed by atoms with E-state index in [1.165, 1.54) is 7.11 Å². The lowest BCUT2D eigenvalue weighted by molar-refractivity contribution is -0.135. The first-order chi connectivity index (χ1) is 9.13. The van der Waals surface area contributed by atoms with Crippen LogP contribution in [0.15, 0.2) is 29.4 Å². The molecule has 0 unspecified atom stereocenters. The van der Waals surface area contributed by atoms with Gasteiger partial charge in [-0.2, -0.15) is 0 Å². The van der Waals surface area contributed by atoms with Gasteiger partial charge in [-0.25, -0.2) is 4.79 Å². The number of para-hydroxylation sites is 2. The number of carbonyl (C=O) groups is 2. The number of nitrogens with zero attached hydrogens (tertiary/aromatic N) is 1. The van der Waals surface area contributed by atoms with Crippen molar-refractivity contribution in [3.63, 3.8) is 0 Å². The fourth-order valence-corrected chi connectivity index (χ4v) is 1.31. The van der Waals surface area contributed by atoms with Crippen molar-refractivity contribution in [2.75, 3.05) is 19.0 Å². The van der Waals surface area contributed by atoms with Gasteiger partial charge in [-0.05, 0) is 19.1 Å². The number of esters is 1. The van der Waals surface area contributed by atoms with Crippen LogP contribution in [0, 0.1) is 0 Å². The number of hydrogen-bond acceptors (Lipinski definition) is 6. The minimum atomic E-state index is -1.00. The molecule has 1 aromatic rings. The molecule has 0 fully saturated rings. The molecule has 0 saturated heterocycles. The molecule has 0 aliphatic heterocycles. The molecule has 0 aliphatic carbocycles. The standard InChI is InChI=1S/C12H14N2O5/c1-3-19-12(16)10(14-17)11(15)13-8-6-4-5-7-9(8)18-2/h4-7,17H,3H2,1-2H3,(H,13,15)/b14-10-. The zero-order chi connectivity index (χ0) is 14.3. The van der Waals surface area contributed by atoms with Gasteiger partial charge in [0.25, 0.3) is 11.6 Å². The minimum absolute atomic E-state index is 0.0692. The number of carbonyl (C=O) groups excluding carboxylic acids is 2. The van der Waals surface area contributed by atoms with Crippen molar-refractivity contribution < 1.29 is 24.3 Å². The summed E-state index contributed by atoms with van der Waals surface area (Å²) < 4.78 is 9.62. The van der Waals surface area contributed by atoms with Gasteiger partial charge >= 0.3 is 5.97 Å². The largest absolute Gasteiger partial charge is 0.495 e. The Balaban J connectivity index is 2.86. The van der Waals surface area contributed by atoms with E-state index < -0.39 is 17.6 Å². The Morgan fingerprint density at radius 1 is 1.37 bits per heavy atom. The van der Waals surface area contributed by atoms with Crippen LogP contribution in [0.25, 0.3) is 0 Å². The zero-order valence-electron chi connectivity index (χ0n) is 10.5. The van der Waals surface area contributed by atoms with Crippen LogP contribution in [-0.4, -0.2) is 36.5 Å². The highest BCUT2D eigenvalue weighted by molar-refractivity contribution is 6.65. The number of ether oxygens (including phenoxy) is 2. The van der Waals surface area contributed by atoms with Gasteiger partial charge in [0.2, 0.25) is 0 Å². The number of amides is 1. The minimum Gasteiger partial charge on any atom is -0.495 e. The van der Waals surface area contributed by atoms with Gasteiger partial charge in [-0.1, -0.05) is 17.3 Å². The summed E-state index contributed by atoms with van der Waals surface area (Å²) in [6.45, 7) is 1.64. The monoisotopic (exact) mass is 266 g/mol. The van der Waals surface area contributed by atoms with Gasteiger partial charge < -0.3 is 20.0 Å². The molecule has 0 aliphatic rings. The number of rotatable bonds is 5. The molecule has 0 heterocycles. The summed E-state index contributed by atoms with van der Waals surface area (Å²) in [4.78, 5) is 23.1. The van der Waals surface area contributed by atoms with Gasteiger partial charge in [0, 0.05) is 0 Å². The topological polar surface area (TPSA) is 97.2 Å². The second-order valence-electron chi connectivity index (χ2n) is 3.32. The average molecular weight is 266 g/mol. The van der Waals surface area contributed by atoms with Crippen LogP contribution in [0.4, 0.5) is 5.69 Å². The van der Waals surface area contributed by atoms with E-state index in [9.17, 15) is 9.59 Å². The lowest BCUT2D eigenvalue weighted by atomic mass is 10.2. The number of nitrogens with one attached hydrogen (secondary N) is 1. The molecular weight excluding hydrogens is 252 g/mol. The van der Waals surface area contributed by atoms with E-state index in [1.54, 1.807) is 31.2 Å². The molecule has 19 heavy (non-hydrogen) atoms. The Morgan fingerprint density at radius 2 is 2.05 bits per heavy atom. The van der Waals surface area contributed by atoms with Crippen LogP contribution in [-0.2, 0) is 14.3 Å². The lowest BCUT2D eigenvalue weighted by Crippen LogP contribution is -2.31. The molecule has 1 amide bonds. The smallest absolute Gasteiger partial charge is 0.366 e. The van der Waals surface area contributed by atoms with Crippen molar-refractivity contribution in [2.45, 2.75) is 6.92 Å². The predicted octanol–water partition coefficient (Wildman–Crippen LogP) is 1.03. The third-order valence-corrected chi connectivity index (χ3v) is 2.14. The number of methoxy groups -OCH3 is 1. The Hall–Kier alpha value is -2.57. The van der Waals surface area contributed by atoms with Crippen molar-refractivity contribution in [2.24, 2.45) is 5.16 Å². The first-order valence-corrected chi connectivity index (χ1v) is 5.47. The van der Waals surface area contributed by atoms with Gasteiger partial charge in [-0.15, -0.1) is 0 Å². The lowest BCUT2D eigenvalue weighted by Gasteiger charge is -2.09. The van der Waals surface area contributed by atoms with Crippen LogP contribution < -0.4 is 10.1 Å². The SMILES string of the molecule is CCOC(=O)/C(=N\O)C(=O)Nc1ccccc1OC. The molecular formula is C12H14N2O5. The number of hydrogen-bond donors (Lipinski definition) is 2. The highest BCUT2D eigenvalue weighted by Gasteiger charge is 2.23. The van der Waals surface area contributed by atoms with Gasteiger partial charge in [0.1, 0.15) is 5.75 Å². The van der Waals surface area contributed by atoms with Crippen LogP contribution >= 0.6 is 0 Å². The summed E-state index contributed by atoms with van der Waals surface area (Å²) in [5.74, 6) is -1.47. The Bertz CT molecular complexity index is 499. The molecule has 0 radical (unpaired) electrons. The molecule has 0 spiro atoms. The number of benzene rings is 1. The van der Waals surface area contributed by atoms with Crippen LogP contribution in [0.1, 0.15) is 6.92 Å². The molecule has 7 nitrogen and oxygen atoms in total. The third kappa shape index (κ3) is 3.70. The first-order valence-electron chi connectivity index (χ1n) is 5.47. The van der Waals surface area contributed by atoms with Crippen molar-refractivity contribution >= 4 is 23.3 Å². The Morgan fingerprint density at radius 3 is 2.63 bits per heavy atom. The molecule has 0 atom stereocenters.